The second-order valence-electron chi connectivity index (χ2n) is 6.58. The third-order valence-electron chi connectivity index (χ3n) is 4.72. The van der Waals surface area contributed by atoms with Crippen molar-refractivity contribution in [2.75, 3.05) is 11.9 Å². The van der Waals surface area contributed by atoms with Crippen LogP contribution in [0.3, 0.4) is 0 Å². The van der Waals surface area contributed by atoms with E-state index in [9.17, 15) is 4.79 Å². The summed E-state index contributed by atoms with van der Waals surface area (Å²) < 4.78 is 22.1. The summed E-state index contributed by atoms with van der Waals surface area (Å²) in [6.07, 6.45) is 0. The number of amides is 1. The fourth-order valence-electron chi connectivity index (χ4n) is 3.35. The summed E-state index contributed by atoms with van der Waals surface area (Å²) >= 11 is 0. The quantitative estimate of drug-likeness (QED) is 0.522. The van der Waals surface area contributed by atoms with Gasteiger partial charge in [-0.25, -0.2) is 0 Å². The molecule has 0 bridgehead atoms. The average molecular weight is 403 g/mol. The molecule has 3 heterocycles. The SMILES string of the molecule is CCOc1ccccc1-c1cc(NC(=O)c2noc3c2COc2ccccc2-3)on1. The van der Waals surface area contributed by atoms with Gasteiger partial charge in [-0.2, -0.15) is 0 Å². The lowest BCUT2D eigenvalue weighted by molar-refractivity contribution is 0.101. The van der Waals surface area contributed by atoms with E-state index in [1.807, 2.05) is 55.5 Å². The molecular formula is C22H17N3O5. The molecule has 4 aromatic rings. The first-order chi connectivity index (χ1) is 14.7. The number of fused-ring (bicyclic) bond motifs is 3. The molecule has 1 amide bonds. The van der Waals surface area contributed by atoms with Crippen LogP contribution in [0.4, 0.5) is 5.88 Å². The standard InChI is InChI=1S/C22H17N3O5/c1-2-27-17-9-5-3-7-13(17)16-11-19(29-24-16)23-22(26)20-15-12-28-18-10-6-4-8-14(18)21(15)30-25-20/h3-11H,2,12H2,1H3,(H,23,26). The number of rotatable bonds is 5. The van der Waals surface area contributed by atoms with Gasteiger partial charge in [0.1, 0.15) is 23.8 Å². The van der Waals surface area contributed by atoms with Gasteiger partial charge in [0.2, 0.25) is 5.88 Å². The predicted octanol–water partition coefficient (Wildman–Crippen LogP) is 4.54. The van der Waals surface area contributed by atoms with Gasteiger partial charge in [-0.05, 0) is 31.2 Å². The molecule has 2 aromatic heterocycles. The van der Waals surface area contributed by atoms with Crippen molar-refractivity contribution in [1.29, 1.82) is 0 Å². The maximum absolute atomic E-state index is 12.8. The summed E-state index contributed by atoms with van der Waals surface area (Å²) in [7, 11) is 0. The van der Waals surface area contributed by atoms with Crippen molar-refractivity contribution in [1.82, 2.24) is 10.3 Å². The smallest absolute Gasteiger partial charge is 0.280 e. The van der Waals surface area contributed by atoms with E-state index in [1.54, 1.807) is 6.07 Å². The van der Waals surface area contributed by atoms with Crippen LogP contribution in [0.2, 0.25) is 0 Å². The lowest BCUT2D eigenvalue weighted by Gasteiger charge is -2.15. The summed E-state index contributed by atoms with van der Waals surface area (Å²) in [6.45, 7) is 2.63. The summed E-state index contributed by atoms with van der Waals surface area (Å²) in [5.74, 6) is 1.64. The van der Waals surface area contributed by atoms with Gasteiger partial charge in [0.15, 0.2) is 11.5 Å². The Bertz CT molecular complexity index is 1230. The van der Waals surface area contributed by atoms with Crippen LogP contribution >= 0.6 is 0 Å². The third kappa shape index (κ3) is 3.08. The van der Waals surface area contributed by atoms with E-state index in [2.05, 4.69) is 15.6 Å². The largest absolute Gasteiger partial charge is 0.493 e. The number of carbonyl (C=O) groups is 1. The van der Waals surface area contributed by atoms with Crippen LogP contribution in [-0.2, 0) is 6.61 Å². The van der Waals surface area contributed by atoms with Crippen molar-refractivity contribution in [3.8, 4) is 34.1 Å². The Hall–Kier alpha value is -4.07. The zero-order valence-corrected chi connectivity index (χ0v) is 16.0. The Labute approximate surface area is 171 Å². The number of hydrogen-bond donors (Lipinski definition) is 1. The normalized spacial score (nSPS) is 11.9. The molecule has 8 heteroatoms. The molecule has 0 unspecified atom stereocenters. The zero-order chi connectivity index (χ0) is 20.5. The van der Waals surface area contributed by atoms with Crippen LogP contribution < -0.4 is 14.8 Å². The molecule has 8 nitrogen and oxygen atoms in total. The van der Waals surface area contributed by atoms with Gasteiger partial charge in [-0.3, -0.25) is 10.1 Å². The Kier molecular flexibility index (Phi) is 4.44. The molecular weight excluding hydrogens is 386 g/mol. The second kappa shape index (κ2) is 7.40. The van der Waals surface area contributed by atoms with Crippen molar-refractivity contribution in [2.45, 2.75) is 13.5 Å². The van der Waals surface area contributed by atoms with Crippen molar-refractivity contribution in [3.63, 3.8) is 0 Å². The number of aromatic nitrogens is 2. The Morgan fingerprint density at radius 3 is 2.73 bits per heavy atom. The first kappa shape index (κ1) is 18.0. The minimum Gasteiger partial charge on any atom is -0.493 e. The van der Waals surface area contributed by atoms with Crippen molar-refractivity contribution >= 4 is 11.8 Å². The number of nitrogens with one attached hydrogen (secondary N) is 1. The van der Waals surface area contributed by atoms with Crippen molar-refractivity contribution in [2.24, 2.45) is 0 Å². The second-order valence-corrected chi connectivity index (χ2v) is 6.58. The maximum Gasteiger partial charge on any atom is 0.280 e. The number of carbonyl (C=O) groups excluding carboxylic acids is 1. The van der Waals surface area contributed by atoms with Gasteiger partial charge in [-0.1, -0.05) is 34.6 Å². The highest BCUT2D eigenvalue weighted by Gasteiger charge is 2.29. The van der Waals surface area contributed by atoms with E-state index in [4.69, 9.17) is 18.5 Å². The van der Waals surface area contributed by atoms with Gasteiger partial charge in [0.25, 0.3) is 5.91 Å². The first-order valence-electron chi connectivity index (χ1n) is 9.45. The minimum atomic E-state index is -0.469. The number of benzene rings is 2. The molecule has 0 atom stereocenters. The number of hydrogen-bond acceptors (Lipinski definition) is 7. The Morgan fingerprint density at radius 2 is 1.87 bits per heavy atom. The number of nitrogens with zero attached hydrogens (tertiary/aromatic N) is 2. The predicted molar refractivity (Wildman–Crippen MR) is 107 cm³/mol. The minimum absolute atomic E-state index is 0.146. The van der Waals surface area contributed by atoms with E-state index in [0.717, 1.165) is 11.1 Å². The van der Waals surface area contributed by atoms with Gasteiger partial charge < -0.3 is 18.5 Å². The zero-order valence-electron chi connectivity index (χ0n) is 16.0. The molecule has 5 rings (SSSR count). The molecule has 0 fully saturated rings. The third-order valence-corrected chi connectivity index (χ3v) is 4.72. The van der Waals surface area contributed by atoms with Crippen LogP contribution in [0.1, 0.15) is 23.0 Å². The van der Waals surface area contributed by atoms with Gasteiger partial charge in [-0.15, -0.1) is 0 Å². The molecule has 0 saturated heterocycles. The van der Waals surface area contributed by atoms with Gasteiger partial charge in [0, 0.05) is 11.6 Å². The van der Waals surface area contributed by atoms with Crippen LogP contribution in [0.15, 0.2) is 63.6 Å². The summed E-state index contributed by atoms with van der Waals surface area (Å²) in [6, 6.07) is 16.6. The molecule has 0 aliphatic carbocycles. The molecule has 0 radical (unpaired) electrons. The Balaban J connectivity index is 1.39. The fraction of sp³-hybridized carbons (Fsp3) is 0.136. The van der Waals surface area contributed by atoms with E-state index in [1.165, 1.54) is 0 Å². The molecule has 0 saturated carbocycles. The lowest BCUT2D eigenvalue weighted by Crippen LogP contribution is -2.16. The van der Waals surface area contributed by atoms with E-state index >= 15 is 0 Å². The van der Waals surface area contributed by atoms with Crippen molar-refractivity contribution in [3.05, 3.63) is 65.9 Å². The summed E-state index contributed by atoms with van der Waals surface area (Å²) in [5.41, 5.74) is 2.82. The van der Waals surface area contributed by atoms with Gasteiger partial charge >= 0.3 is 0 Å². The highest BCUT2D eigenvalue weighted by molar-refractivity contribution is 6.04. The molecule has 0 spiro atoms. The highest BCUT2D eigenvalue weighted by atomic mass is 16.5. The monoisotopic (exact) mass is 403 g/mol. The van der Waals surface area contributed by atoms with Crippen LogP contribution in [-0.4, -0.2) is 22.8 Å². The van der Waals surface area contributed by atoms with Gasteiger partial charge in [0.05, 0.1) is 17.7 Å². The summed E-state index contributed by atoms with van der Waals surface area (Å²) in [5, 5.41) is 10.7. The number of anilines is 1. The number of ether oxygens (including phenoxy) is 2. The molecule has 2 aromatic carbocycles. The summed E-state index contributed by atoms with van der Waals surface area (Å²) in [4.78, 5) is 12.8. The van der Waals surface area contributed by atoms with E-state index < -0.39 is 5.91 Å². The van der Waals surface area contributed by atoms with Crippen LogP contribution in [0, 0.1) is 0 Å². The molecule has 150 valence electrons. The van der Waals surface area contributed by atoms with Crippen LogP contribution in [0.5, 0.6) is 11.5 Å². The van der Waals surface area contributed by atoms with Crippen molar-refractivity contribution < 1.29 is 23.3 Å². The number of para-hydroxylation sites is 2. The average Bonchev–Trinajstić information content (AvgIpc) is 3.41. The first-order valence-corrected chi connectivity index (χ1v) is 9.45. The topological polar surface area (TPSA) is 99.6 Å². The lowest BCUT2D eigenvalue weighted by atomic mass is 10.0. The van der Waals surface area contributed by atoms with E-state index in [-0.39, 0.29) is 18.2 Å². The maximum atomic E-state index is 12.8. The highest BCUT2D eigenvalue weighted by Crippen LogP contribution is 2.38. The molecule has 1 aliphatic heterocycles. The molecule has 1 N–H and O–H groups in total. The van der Waals surface area contributed by atoms with Crippen LogP contribution in [0.25, 0.3) is 22.6 Å². The molecule has 30 heavy (non-hydrogen) atoms. The molecule has 1 aliphatic rings. The fourth-order valence-corrected chi connectivity index (χ4v) is 3.35. The van der Waals surface area contributed by atoms with E-state index in [0.29, 0.717) is 35.1 Å². The Morgan fingerprint density at radius 1 is 1.07 bits per heavy atom.